The molecule has 8 heteroatoms. The lowest BCUT2D eigenvalue weighted by molar-refractivity contribution is -0.140. The van der Waals surface area contributed by atoms with Crippen molar-refractivity contribution in [2.75, 3.05) is 0 Å². The number of nitrogens with zero attached hydrogens (tertiary/aromatic N) is 4. The maximum atomic E-state index is 12.9. The predicted molar refractivity (Wildman–Crippen MR) is 62.9 cm³/mol. The largest absolute Gasteiger partial charge is 0.435 e. The van der Waals surface area contributed by atoms with E-state index in [0.29, 0.717) is 17.0 Å². The first-order valence-corrected chi connectivity index (χ1v) is 5.75. The second-order valence-electron chi connectivity index (χ2n) is 4.33. The summed E-state index contributed by atoms with van der Waals surface area (Å²) < 4.78 is 45.0. The monoisotopic (exact) mass is 282 g/mol. The maximum absolute atomic E-state index is 12.9. The first kappa shape index (κ1) is 12.6. The molecule has 0 N–H and O–H groups in total. The topological polar surface area (TPSA) is 56.7 Å². The Balaban J connectivity index is 2.11. The van der Waals surface area contributed by atoms with E-state index in [4.69, 9.17) is 4.52 Å². The van der Waals surface area contributed by atoms with Gasteiger partial charge in [-0.2, -0.15) is 18.3 Å². The van der Waals surface area contributed by atoms with Gasteiger partial charge >= 0.3 is 6.18 Å². The second-order valence-corrected chi connectivity index (χ2v) is 4.33. The molecule has 3 aromatic heterocycles. The highest BCUT2D eigenvalue weighted by Crippen LogP contribution is 2.33. The van der Waals surface area contributed by atoms with Crippen molar-refractivity contribution in [1.29, 1.82) is 0 Å². The number of rotatable bonds is 2. The summed E-state index contributed by atoms with van der Waals surface area (Å²) >= 11 is 0. The van der Waals surface area contributed by atoms with E-state index in [-0.39, 0.29) is 11.9 Å². The fourth-order valence-electron chi connectivity index (χ4n) is 2.00. The molecule has 0 unspecified atom stereocenters. The van der Waals surface area contributed by atoms with Crippen molar-refractivity contribution < 1.29 is 17.7 Å². The van der Waals surface area contributed by atoms with Gasteiger partial charge in [0.25, 0.3) is 0 Å². The average Bonchev–Trinajstić information content (AvgIpc) is 2.94. The van der Waals surface area contributed by atoms with Crippen molar-refractivity contribution in [3.05, 3.63) is 41.7 Å². The molecule has 0 saturated carbocycles. The molecular formula is C12H9F3N4O. The summed E-state index contributed by atoms with van der Waals surface area (Å²) in [4.78, 5) is 3.72. The van der Waals surface area contributed by atoms with Gasteiger partial charge in [-0.15, -0.1) is 0 Å². The van der Waals surface area contributed by atoms with Gasteiger partial charge in [0.1, 0.15) is 11.5 Å². The summed E-state index contributed by atoms with van der Waals surface area (Å²) in [5.41, 5.74) is -0.0776. The van der Waals surface area contributed by atoms with E-state index in [2.05, 4.69) is 15.2 Å². The summed E-state index contributed by atoms with van der Waals surface area (Å²) in [6.07, 6.45) is -1.93. The lowest BCUT2D eigenvalue weighted by Gasteiger charge is -2.01. The van der Waals surface area contributed by atoms with Gasteiger partial charge in [0.2, 0.25) is 0 Å². The van der Waals surface area contributed by atoms with Crippen LogP contribution >= 0.6 is 0 Å². The summed E-state index contributed by atoms with van der Waals surface area (Å²) in [5, 5.41) is 7.36. The summed E-state index contributed by atoms with van der Waals surface area (Å²) in [6, 6.07) is 3.15. The van der Waals surface area contributed by atoms with E-state index in [1.807, 2.05) is 0 Å². The van der Waals surface area contributed by atoms with Crippen LogP contribution < -0.4 is 0 Å². The highest BCUT2D eigenvalue weighted by molar-refractivity contribution is 5.81. The van der Waals surface area contributed by atoms with Crippen LogP contribution in [0.1, 0.15) is 17.1 Å². The van der Waals surface area contributed by atoms with Crippen LogP contribution in [0.4, 0.5) is 13.2 Å². The van der Waals surface area contributed by atoms with Crippen LogP contribution in [-0.2, 0) is 12.7 Å². The predicted octanol–water partition coefficient (Wildman–Crippen LogP) is 2.79. The normalized spacial score (nSPS) is 12.2. The number of hydrogen-bond acceptors (Lipinski definition) is 4. The van der Waals surface area contributed by atoms with Crippen LogP contribution in [0, 0.1) is 6.92 Å². The van der Waals surface area contributed by atoms with Crippen LogP contribution in [0.2, 0.25) is 0 Å². The molecule has 0 aliphatic rings. The highest BCUT2D eigenvalue weighted by atomic mass is 19.4. The van der Waals surface area contributed by atoms with Gasteiger partial charge in [-0.25, -0.2) is 0 Å². The van der Waals surface area contributed by atoms with Gasteiger partial charge in [0.05, 0.1) is 17.4 Å². The van der Waals surface area contributed by atoms with Crippen molar-refractivity contribution in [3.63, 3.8) is 0 Å². The minimum Gasteiger partial charge on any atom is -0.361 e. The lowest BCUT2D eigenvalue weighted by Crippen LogP contribution is -2.09. The molecule has 0 aliphatic carbocycles. The molecule has 0 atom stereocenters. The van der Waals surface area contributed by atoms with E-state index in [1.165, 1.54) is 16.9 Å². The Morgan fingerprint density at radius 1 is 1.35 bits per heavy atom. The fraction of sp³-hybridized carbons (Fsp3) is 0.250. The smallest absolute Gasteiger partial charge is 0.361 e. The Bertz CT molecular complexity index is 759. The number of aryl methyl sites for hydroxylation is 1. The van der Waals surface area contributed by atoms with E-state index >= 15 is 0 Å². The molecule has 104 valence electrons. The zero-order valence-electron chi connectivity index (χ0n) is 10.3. The van der Waals surface area contributed by atoms with E-state index in [1.54, 1.807) is 13.0 Å². The van der Waals surface area contributed by atoms with Crippen LogP contribution in [-0.4, -0.2) is 19.9 Å². The minimum atomic E-state index is -4.52. The fourth-order valence-corrected chi connectivity index (χ4v) is 2.00. The zero-order chi connectivity index (χ0) is 14.3. The van der Waals surface area contributed by atoms with Crippen LogP contribution in [0.3, 0.4) is 0 Å². The minimum absolute atomic E-state index is 0.0276. The first-order valence-electron chi connectivity index (χ1n) is 5.75. The Labute approximate surface area is 111 Å². The summed E-state index contributed by atoms with van der Waals surface area (Å²) in [5.74, 6) is 0.592. The zero-order valence-corrected chi connectivity index (χ0v) is 10.3. The SMILES string of the molecule is Cc1cc(Cn2nc(C(F)(F)F)c3cnccc32)no1. The van der Waals surface area contributed by atoms with Crippen LogP contribution in [0.15, 0.2) is 29.0 Å². The first-order chi connectivity index (χ1) is 9.45. The van der Waals surface area contributed by atoms with Crippen molar-refractivity contribution in [1.82, 2.24) is 19.9 Å². The van der Waals surface area contributed by atoms with Crippen LogP contribution in [0.5, 0.6) is 0 Å². The van der Waals surface area contributed by atoms with Gasteiger partial charge in [-0.05, 0) is 13.0 Å². The third-order valence-electron chi connectivity index (χ3n) is 2.81. The van der Waals surface area contributed by atoms with Crippen molar-refractivity contribution in [3.8, 4) is 0 Å². The van der Waals surface area contributed by atoms with Crippen molar-refractivity contribution >= 4 is 10.9 Å². The van der Waals surface area contributed by atoms with E-state index in [0.717, 1.165) is 6.20 Å². The van der Waals surface area contributed by atoms with Crippen LogP contribution in [0.25, 0.3) is 10.9 Å². The molecule has 0 aromatic carbocycles. The van der Waals surface area contributed by atoms with E-state index in [9.17, 15) is 13.2 Å². The number of pyridine rings is 1. The molecule has 0 aliphatic heterocycles. The Morgan fingerprint density at radius 3 is 2.80 bits per heavy atom. The third kappa shape index (κ3) is 2.13. The van der Waals surface area contributed by atoms with Crippen molar-refractivity contribution in [2.45, 2.75) is 19.6 Å². The number of halogens is 3. The number of fused-ring (bicyclic) bond motifs is 1. The molecule has 0 spiro atoms. The van der Waals surface area contributed by atoms with E-state index < -0.39 is 11.9 Å². The Morgan fingerprint density at radius 2 is 2.15 bits per heavy atom. The number of alkyl halides is 3. The van der Waals surface area contributed by atoms with Gasteiger partial charge < -0.3 is 4.52 Å². The maximum Gasteiger partial charge on any atom is 0.435 e. The molecule has 0 bridgehead atoms. The molecule has 3 rings (SSSR count). The quantitative estimate of drug-likeness (QED) is 0.725. The Kier molecular flexibility index (Phi) is 2.73. The third-order valence-corrected chi connectivity index (χ3v) is 2.81. The molecule has 0 radical (unpaired) electrons. The molecule has 0 saturated heterocycles. The molecule has 3 aromatic rings. The molecule has 5 nitrogen and oxygen atoms in total. The van der Waals surface area contributed by atoms with Gasteiger partial charge in [-0.1, -0.05) is 5.16 Å². The molecule has 20 heavy (non-hydrogen) atoms. The van der Waals surface area contributed by atoms with Crippen molar-refractivity contribution in [2.24, 2.45) is 0 Å². The highest BCUT2D eigenvalue weighted by Gasteiger charge is 2.36. The van der Waals surface area contributed by atoms with Gasteiger partial charge in [-0.3, -0.25) is 9.67 Å². The molecule has 3 heterocycles. The standard InChI is InChI=1S/C12H9F3N4O/c1-7-4-8(18-20-7)6-19-10-2-3-16-5-9(10)11(17-19)12(13,14)15/h2-5H,6H2,1H3. The molecule has 0 amide bonds. The Hall–Kier alpha value is -2.38. The van der Waals surface area contributed by atoms with Gasteiger partial charge in [0.15, 0.2) is 5.69 Å². The number of aromatic nitrogens is 4. The van der Waals surface area contributed by atoms with Gasteiger partial charge in [0, 0.05) is 18.5 Å². The summed E-state index contributed by atoms with van der Waals surface area (Å²) in [7, 11) is 0. The average molecular weight is 282 g/mol. The summed E-state index contributed by atoms with van der Waals surface area (Å²) in [6.45, 7) is 1.82. The lowest BCUT2D eigenvalue weighted by atomic mass is 10.2. The number of hydrogen-bond donors (Lipinski definition) is 0. The molecule has 0 fully saturated rings. The molecular weight excluding hydrogens is 273 g/mol. The second kappa shape index (κ2) is 4.32.